The van der Waals surface area contributed by atoms with Gasteiger partial charge >= 0.3 is 5.97 Å². The molecule has 0 aliphatic heterocycles. The second-order valence-corrected chi connectivity index (χ2v) is 4.61. The van der Waals surface area contributed by atoms with Crippen molar-refractivity contribution < 1.29 is 9.53 Å². The molecule has 0 atom stereocenters. The van der Waals surface area contributed by atoms with Gasteiger partial charge in [-0.1, -0.05) is 6.92 Å². The molecule has 0 spiro atoms. The molecule has 90 valence electrons. The Morgan fingerprint density at radius 1 is 1.53 bits per heavy atom. The smallest absolute Gasteiger partial charge is 0.337 e. The number of benzene rings is 1. The summed E-state index contributed by atoms with van der Waals surface area (Å²) in [5.74, 6) is -0.349. The number of rotatable bonds is 3. The van der Waals surface area contributed by atoms with Gasteiger partial charge in [-0.3, -0.25) is 0 Å². The van der Waals surface area contributed by atoms with Crippen LogP contribution in [0.5, 0.6) is 0 Å². The molecule has 0 saturated heterocycles. The Kier molecular flexibility index (Phi) is 3.47. The highest BCUT2D eigenvalue weighted by Crippen LogP contribution is 2.25. The number of methoxy groups -OCH3 is 1. The Bertz CT molecular complexity index is 563. The topological polar surface area (TPSA) is 44.1 Å². The van der Waals surface area contributed by atoms with Gasteiger partial charge in [0.1, 0.15) is 0 Å². The third kappa shape index (κ3) is 2.20. The quantitative estimate of drug-likeness (QED) is 0.818. The van der Waals surface area contributed by atoms with Crippen LogP contribution < -0.4 is 0 Å². The number of hydrogen-bond donors (Lipinski definition) is 0. The van der Waals surface area contributed by atoms with Gasteiger partial charge in [0.15, 0.2) is 0 Å². The lowest BCUT2D eigenvalue weighted by molar-refractivity contribution is 0.0601. The highest BCUT2D eigenvalue weighted by Gasteiger charge is 2.12. The van der Waals surface area contributed by atoms with Gasteiger partial charge < -0.3 is 9.30 Å². The normalized spacial score (nSPS) is 10.8. The molecular formula is C12H13BrN2O2. The van der Waals surface area contributed by atoms with Crippen LogP contribution >= 0.6 is 15.9 Å². The Morgan fingerprint density at radius 3 is 2.94 bits per heavy atom. The van der Waals surface area contributed by atoms with Crippen molar-refractivity contribution in [1.29, 1.82) is 0 Å². The molecule has 1 aromatic heterocycles. The van der Waals surface area contributed by atoms with E-state index in [9.17, 15) is 4.79 Å². The van der Waals surface area contributed by atoms with Crippen molar-refractivity contribution in [3.8, 4) is 0 Å². The molecule has 0 saturated carbocycles. The number of halogens is 1. The minimum absolute atomic E-state index is 0.349. The molecule has 0 amide bonds. The highest BCUT2D eigenvalue weighted by molar-refractivity contribution is 9.10. The number of fused-ring (bicyclic) bond motifs is 1. The average Bonchev–Trinajstić information content (AvgIpc) is 2.72. The van der Waals surface area contributed by atoms with Gasteiger partial charge in [-0.25, -0.2) is 9.78 Å². The average molecular weight is 297 g/mol. The number of carbonyl (C=O) groups excluding carboxylic acids is 1. The SMILES string of the molecule is CCCn1cnc2cc(C(=O)OC)cc(Br)c21. The Morgan fingerprint density at radius 2 is 2.29 bits per heavy atom. The standard InChI is InChI=1S/C12H13BrN2O2/c1-3-4-15-7-14-10-6-8(12(16)17-2)5-9(13)11(10)15/h5-7H,3-4H2,1-2H3. The van der Waals surface area contributed by atoms with E-state index in [1.165, 1.54) is 7.11 Å². The molecule has 17 heavy (non-hydrogen) atoms. The third-order valence-corrected chi connectivity index (χ3v) is 3.16. The maximum atomic E-state index is 11.5. The van der Waals surface area contributed by atoms with Crippen LogP contribution in [-0.2, 0) is 11.3 Å². The van der Waals surface area contributed by atoms with Crippen molar-refractivity contribution >= 4 is 32.9 Å². The van der Waals surface area contributed by atoms with Gasteiger partial charge in [0.05, 0.1) is 30.0 Å². The van der Waals surface area contributed by atoms with Crippen LogP contribution in [0.3, 0.4) is 0 Å². The van der Waals surface area contributed by atoms with Gasteiger partial charge in [0.25, 0.3) is 0 Å². The van der Waals surface area contributed by atoms with Crippen molar-refractivity contribution in [3.63, 3.8) is 0 Å². The van der Waals surface area contributed by atoms with Gasteiger partial charge in [0, 0.05) is 11.0 Å². The van der Waals surface area contributed by atoms with E-state index in [0.717, 1.165) is 28.5 Å². The molecule has 0 unspecified atom stereocenters. The molecule has 2 aromatic rings. The molecule has 1 aromatic carbocycles. The van der Waals surface area contributed by atoms with Gasteiger partial charge in [-0.15, -0.1) is 0 Å². The summed E-state index contributed by atoms with van der Waals surface area (Å²) in [5, 5.41) is 0. The largest absolute Gasteiger partial charge is 0.465 e. The molecular weight excluding hydrogens is 284 g/mol. The number of esters is 1. The van der Waals surface area contributed by atoms with Crippen molar-refractivity contribution in [2.45, 2.75) is 19.9 Å². The fraction of sp³-hybridized carbons (Fsp3) is 0.333. The summed E-state index contributed by atoms with van der Waals surface area (Å²) in [6, 6.07) is 3.51. The summed E-state index contributed by atoms with van der Waals surface area (Å²) < 4.78 is 7.63. The van der Waals surface area contributed by atoms with E-state index >= 15 is 0 Å². The zero-order valence-corrected chi connectivity index (χ0v) is 11.3. The van der Waals surface area contributed by atoms with Crippen molar-refractivity contribution in [2.24, 2.45) is 0 Å². The fourth-order valence-corrected chi connectivity index (χ4v) is 2.48. The van der Waals surface area contributed by atoms with E-state index in [1.807, 2.05) is 0 Å². The maximum absolute atomic E-state index is 11.5. The minimum Gasteiger partial charge on any atom is -0.465 e. The summed E-state index contributed by atoms with van der Waals surface area (Å²) in [4.78, 5) is 15.8. The van der Waals surface area contributed by atoms with Crippen LogP contribution in [0.25, 0.3) is 11.0 Å². The first-order valence-corrected chi connectivity index (χ1v) is 6.19. The van der Waals surface area contributed by atoms with Crippen LogP contribution in [0.1, 0.15) is 23.7 Å². The Labute approximate surface area is 108 Å². The van der Waals surface area contributed by atoms with Crippen LogP contribution in [-0.4, -0.2) is 22.6 Å². The summed E-state index contributed by atoms with van der Waals surface area (Å²) in [6.07, 6.45) is 2.83. The number of imidazole rings is 1. The number of nitrogens with zero attached hydrogens (tertiary/aromatic N) is 2. The first-order chi connectivity index (χ1) is 8.17. The predicted octanol–water partition coefficient (Wildman–Crippen LogP) is 3.00. The number of carbonyl (C=O) groups is 1. The Hall–Kier alpha value is -1.36. The summed E-state index contributed by atoms with van der Waals surface area (Å²) >= 11 is 3.48. The zero-order valence-electron chi connectivity index (χ0n) is 9.74. The second kappa shape index (κ2) is 4.87. The lowest BCUT2D eigenvalue weighted by Crippen LogP contribution is -2.02. The molecule has 1 heterocycles. The molecule has 4 nitrogen and oxygen atoms in total. The lowest BCUT2D eigenvalue weighted by Gasteiger charge is -2.05. The number of ether oxygens (including phenoxy) is 1. The lowest BCUT2D eigenvalue weighted by atomic mass is 10.2. The molecule has 0 aliphatic carbocycles. The molecule has 0 N–H and O–H groups in total. The third-order valence-electron chi connectivity index (χ3n) is 2.55. The maximum Gasteiger partial charge on any atom is 0.337 e. The summed E-state index contributed by atoms with van der Waals surface area (Å²) in [7, 11) is 1.37. The van der Waals surface area contributed by atoms with E-state index in [2.05, 4.69) is 32.4 Å². The molecule has 2 rings (SSSR count). The first-order valence-electron chi connectivity index (χ1n) is 5.40. The monoisotopic (exact) mass is 296 g/mol. The van der Waals surface area contributed by atoms with Crippen LogP contribution in [0.4, 0.5) is 0 Å². The van der Waals surface area contributed by atoms with E-state index in [0.29, 0.717) is 5.56 Å². The molecule has 0 radical (unpaired) electrons. The van der Waals surface area contributed by atoms with E-state index in [-0.39, 0.29) is 5.97 Å². The van der Waals surface area contributed by atoms with Crippen LogP contribution in [0, 0.1) is 0 Å². The zero-order chi connectivity index (χ0) is 12.4. The number of aryl methyl sites for hydroxylation is 1. The van der Waals surface area contributed by atoms with E-state index < -0.39 is 0 Å². The van der Waals surface area contributed by atoms with Gasteiger partial charge in [-0.2, -0.15) is 0 Å². The molecule has 0 aliphatic rings. The fourth-order valence-electron chi connectivity index (χ4n) is 1.80. The molecule has 0 bridgehead atoms. The van der Waals surface area contributed by atoms with E-state index in [1.54, 1.807) is 18.5 Å². The second-order valence-electron chi connectivity index (χ2n) is 3.76. The van der Waals surface area contributed by atoms with Crippen molar-refractivity contribution in [2.75, 3.05) is 7.11 Å². The highest BCUT2D eigenvalue weighted by atomic mass is 79.9. The van der Waals surface area contributed by atoms with E-state index in [4.69, 9.17) is 4.74 Å². The molecule has 0 fully saturated rings. The van der Waals surface area contributed by atoms with Gasteiger partial charge in [0.2, 0.25) is 0 Å². The summed E-state index contributed by atoms with van der Waals surface area (Å²) in [5.41, 5.74) is 2.32. The minimum atomic E-state index is -0.349. The summed E-state index contributed by atoms with van der Waals surface area (Å²) in [6.45, 7) is 3.02. The van der Waals surface area contributed by atoms with Crippen LogP contribution in [0.2, 0.25) is 0 Å². The Balaban J connectivity index is 2.57. The van der Waals surface area contributed by atoms with Gasteiger partial charge in [-0.05, 0) is 34.5 Å². The number of hydrogen-bond acceptors (Lipinski definition) is 3. The van der Waals surface area contributed by atoms with Crippen molar-refractivity contribution in [1.82, 2.24) is 9.55 Å². The number of aromatic nitrogens is 2. The molecule has 5 heteroatoms. The first kappa shape index (κ1) is 12.1. The van der Waals surface area contributed by atoms with Crippen LogP contribution in [0.15, 0.2) is 22.9 Å². The van der Waals surface area contributed by atoms with Crippen molar-refractivity contribution in [3.05, 3.63) is 28.5 Å². The predicted molar refractivity (Wildman–Crippen MR) is 69.1 cm³/mol.